The molecule has 6 heteroatoms. The van der Waals surface area contributed by atoms with Crippen LogP contribution in [0.15, 0.2) is 0 Å². The molecule has 0 amide bonds. The third-order valence-corrected chi connectivity index (χ3v) is 5.25. The maximum absolute atomic E-state index is 12.9. The Morgan fingerprint density at radius 2 is 1.15 bits per heavy atom. The molecular weight excluding hydrogens is 412 g/mol. The summed E-state index contributed by atoms with van der Waals surface area (Å²) < 4.78 is 21.9. The van der Waals surface area contributed by atoms with E-state index < -0.39 is 0 Å². The lowest BCUT2D eigenvalue weighted by Gasteiger charge is -2.21. The van der Waals surface area contributed by atoms with Gasteiger partial charge in [0.05, 0.1) is 34.0 Å². The summed E-state index contributed by atoms with van der Waals surface area (Å²) in [6, 6.07) is 0. The van der Waals surface area contributed by atoms with Gasteiger partial charge in [-0.25, -0.2) is 0 Å². The number of Topliss-reactive ketones (excluding diaryl/α,β-unsaturated/α-hetero) is 1. The van der Waals surface area contributed by atoms with Crippen molar-refractivity contribution in [2.45, 2.75) is 58.3 Å². The topological polar surface area (TPSA) is 54.0 Å². The quantitative estimate of drug-likeness (QED) is 0.208. The van der Waals surface area contributed by atoms with Crippen LogP contribution >= 0.6 is 15.9 Å². The lowest BCUT2D eigenvalue weighted by atomic mass is 9.96. The van der Waals surface area contributed by atoms with Gasteiger partial charge < -0.3 is 18.9 Å². The molecule has 0 bridgehead atoms. The average Bonchev–Trinajstić information content (AvgIpc) is 2.68. The molecular formula is C21H33BrO5. The molecule has 0 fully saturated rings. The zero-order valence-electron chi connectivity index (χ0n) is 17.3. The Hall–Kier alpha value is -1.43. The molecule has 1 aromatic carbocycles. The molecule has 0 N–H and O–H groups in total. The van der Waals surface area contributed by atoms with Gasteiger partial charge in [0.1, 0.15) is 0 Å². The standard InChI is InChI=1S/C21H33BrO5/c1-15-17(16(23)13-11-9-7-6-8-10-12-14-22)19(25-3)21(27-5)20(26-4)18(15)24-2/h6-14H2,1-5H3. The van der Waals surface area contributed by atoms with Crippen LogP contribution in [0.1, 0.15) is 67.3 Å². The number of carbonyl (C=O) groups is 1. The molecule has 0 aliphatic rings. The van der Waals surface area contributed by atoms with E-state index in [1.54, 1.807) is 14.2 Å². The first-order chi connectivity index (χ1) is 13.1. The summed E-state index contributed by atoms with van der Waals surface area (Å²) in [6.45, 7) is 1.85. The number of ether oxygens (including phenoxy) is 4. The smallest absolute Gasteiger partial charge is 0.208 e. The molecule has 27 heavy (non-hydrogen) atoms. The van der Waals surface area contributed by atoms with E-state index in [4.69, 9.17) is 18.9 Å². The van der Waals surface area contributed by atoms with Crippen molar-refractivity contribution in [2.75, 3.05) is 33.8 Å². The summed E-state index contributed by atoms with van der Waals surface area (Å²) in [5, 5.41) is 1.08. The number of unbranched alkanes of at least 4 members (excludes halogenated alkanes) is 6. The second-order valence-corrected chi connectivity index (χ2v) is 7.26. The van der Waals surface area contributed by atoms with Crippen LogP contribution in [0.4, 0.5) is 0 Å². The zero-order valence-corrected chi connectivity index (χ0v) is 18.9. The number of hydrogen-bond donors (Lipinski definition) is 0. The van der Waals surface area contributed by atoms with Crippen LogP contribution in [0.25, 0.3) is 0 Å². The first kappa shape index (κ1) is 23.6. The fourth-order valence-electron chi connectivity index (χ4n) is 3.31. The van der Waals surface area contributed by atoms with E-state index in [0.29, 0.717) is 40.5 Å². The van der Waals surface area contributed by atoms with Gasteiger partial charge in [0, 0.05) is 17.3 Å². The predicted octanol–water partition coefficient (Wildman–Crippen LogP) is 5.73. The Bertz CT molecular complexity index is 601. The normalized spacial score (nSPS) is 10.6. The van der Waals surface area contributed by atoms with Gasteiger partial charge in [0.2, 0.25) is 11.5 Å². The second kappa shape index (κ2) is 12.9. The largest absolute Gasteiger partial charge is 0.492 e. The van der Waals surface area contributed by atoms with Gasteiger partial charge in [0.25, 0.3) is 0 Å². The van der Waals surface area contributed by atoms with Crippen LogP contribution in [0.3, 0.4) is 0 Å². The van der Waals surface area contributed by atoms with Crippen LogP contribution in [0.5, 0.6) is 23.0 Å². The third-order valence-electron chi connectivity index (χ3n) is 4.69. The molecule has 1 aromatic rings. The lowest BCUT2D eigenvalue weighted by molar-refractivity contribution is 0.0974. The Balaban J connectivity index is 2.84. The monoisotopic (exact) mass is 444 g/mol. The van der Waals surface area contributed by atoms with Crippen LogP contribution < -0.4 is 18.9 Å². The van der Waals surface area contributed by atoms with E-state index >= 15 is 0 Å². The first-order valence-corrected chi connectivity index (χ1v) is 10.6. The Kier molecular flexibility index (Phi) is 11.3. The van der Waals surface area contributed by atoms with Crippen molar-refractivity contribution >= 4 is 21.7 Å². The number of rotatable bonds is 14. The highest BCUT2D eigenvalue weighted by Crippen LogP contribution is 2.49. The van der Waals surface area contributed by atoms with Crippen molar-refractivity contribution in [3.8, 4) is 23.0 Å². The number of alkyl halides is 1. The molecule has 0 saturated heterocycles. The van der Waals surface area contributed by atoms with Crippen LogP contribution in [0, 0.1) is 6.92 Å². The zero-order chi connectivity index (χ0) is 20.2. The summed E-state index contributed by atoms with van der Waals surface area (Å²) in [7, 11) is 6.16. The Morgan fingerprint density at radius 3 is 1.63 bits per heavy atom. The maximum atomic E-state index is 12.9. The molecule has 0 atom stereocenters. The molecule has 154 valence electrons. The van der Waals surface area contributed by atoms with Gasteiger partial charge in [-0.2, -0.15) is 0 Å². The third kappa shape index (κ3) is 6.30. The van der Waals surface area contributed by atoms with Crippen molar-refractivity contribution in [1.82, 2.24) is 0 Å². The van der Waals surface area contributed by atoms with Gasteiger partial charge in [-0.3, -0.25) is 4.79 Å². The van der Waals surface area contributed by atoms with Gasteiger partial charge >= 0.3 is 0 Å². The fourth-order valence-corrected chi connectivity index (χ4v) is 3.71. The first-order valence-electron chi connectivity index (χ1n) is 9.52. The number of hydrogen-bond acceptors (Lipinski definition) is 5. The Labute approximate surface area is 171 Å². The van der Waals surface area contributed by atoms with Crippen molar-refractivity contribution in [2.24, 2.45) is 0 Å². The molecule has 0 aromatic heterocycles. The molecule has 0 aliphatic heterocycles. The maximum Gasteiger partial charge on any atom is 0.208 e. The van der Waals surface area contributed by atoms with E-state index in [1.165, 1.54) is 46.3 Å². The van der Waals surface area contributed by atoms with Crippen LogP contribution in [-0.2, 0) is 0 Å². The van der Waals surface area contributed by atoms with Crippen LogP contribution in [-0.4, -0.2) is 39.6 Å². The molecule has 0 spiro atoms. The highest BCUT2D eigenvalue weighted by Gasteiger charge is 2.28. The van der Waals surface area contributed by atoms with Gasteiger partial charge in [0.15, 0.2) is 17.3 Å². The molecule has 0 saturated carbocycles. The van der Waals surface area contributed by atoms with Crippen molar-refractivity contribution in [3.05, 3.63) is 11.1 Å². The summed E-state index contributed by atoms with van der Waals surface area (Å²) in [6.07, 6.45) is 8.58. The predicted molar refractivity (Wildman–Crippen MR) is 112 cm³/mol. The minimum absolute atomic E-state index is 0.0443. The van der Waals surface area contributed by atoms with Crippen molar-refractivity contribution in [3.63, 3.8) is 0 Å². The molecule has 5 nitrogen and oxygen atoms in total. The lowest BCUT2D eigenvalue weighted by Crippen LogP contribution is -2.09. The molecule has 0 unspecified atom stereocenters. The van der Waals surface area contributed by atoms with Gasteiger partial charge in [-0.15, -0.1) is 0 Å². The number of halogens is 1. The Morgan fingerprint density at radius 1 is 0.704 bits per heavy atom. The van der Waals surface area contributed by atoms with E-state index in [0.717, 1.165) is 18.2 Å². The van der Waals surface area contributed by atoms with E-state index in [-0.39, 0.29) is 5.78 Å². The second-order valence-electron chi connectivity index (χ2n) is 6.47. The summed E-state index contributed by atoms with van der Waals surface area (Å²) in [5.74, 6) is 1.78. The fraction of sp³-hybridized carbons (Fsp3) is 0.667. The SMILES string of the molecule is COc1c(C)c(C(=O)CCCCCCCCCBr)c(OC)c(OC)c1OC. The van der Waals surface area contributed by atoms with Gasteiger partial charge in [-0.05, 0) is 19.8 Å². The van der Waals surface area contributed by atoms with Crippen molar-refractivity contribution < 1.29 is 23.7 Å². The minimum atomic E-state index is 0.0443. The minimum Gasteiger partial charge on any atom is -0.492 e. The molecule has 0 aliphatic carbocycles. The number of ketones is 1. The number of methoxy groups -OCH3 is 4. The van der Waals surface area contributed by atoms with E-state index in [2.05, 4.69) is 15.9 Å². The van der Waals surface area contributed by atoms with Crippen molar-refractivity contribution in [1.29, 1.82) is 0 Å². The van der Waals surface area contributed by atoms with E-state index in [9.17, 15) is 4.79 Å². The summed E-state index contributed by atoms with van der Waals surface area (Å²) in [5.41, 5.74) is 1.23. The van der Waals surface area contributed by atoms with E-state index in [1.807, 2.05) is 6.92 Å². The van der Waals surface area contributed by atoms with Gasteiger partial charge in [-0.1, -0.05) is 48.0 Å². The number of benzene rings is 1. The molecule has 1 rings (SSSR count). The number of carbonyl (C=O) groups excluding carboxylic acids is 1. The van der Waals surface area contributed by atoms with Crippen LogP contribution in [0.2, 0.25) is 0 Å². The molecule has 0 radical (unpaired) electrons. The average molecular weight is 445 g/mol. The highest BCUT2D eigenvalue weighted by molar-refractivity contribution is 9.09. The highest BCUT2D eigenvalue weighted by atomic mass is 79.9. The molecule has 0 heterocycles. The summed E-state index contributed by atoms with van der Waals surface area (Å²) in [4.78, 5) is 12.9. The summed E-state index contributed by atoms with van der Waals surface area (Å²) >= 11 is 3.46.